The Kier molecular flexibility index (Phi) is 2.93. The van der Waals surface area contributed by atoms with Crippen molar-refractivity contribution in [3.05, 3.63) is 40.1 Å². The zero-order valence-electron chi connectivity index (χ0n) is 9.12. The van der Waals surface area contributed by atoms with Crippen molar-refractivity contribution in [3.8, 4) is 5.88 Å². The van der Waals surface area contributed by atoms with Crippen LogP contribution in [0.3, 0.4) is 0 Å². The quantitative estimate of drug-likeness (QED) is 0.783. The van der Waals surface area contributed by atoms with E-state index in [4.69, 9.17) is 5.11 Å². The summed E-state index contributed by atoms with van der Waals surface area (Å²) in [6, 6.07) is 3.35. The number of hydrogen-bond donors (Lipinski definition) is 2. The molecule has 1 aromatic heterocycles. The third-order valence-electron chi connectivity index (χ3n) is 2.33. The second-order valence-electron chi connectivity index (χ2n) is 3.62. The van der Waals surface area contributed by atoms with E-state index in [1.54, 1.807) is 0 Å². The molecule has 0 aliphatic rings. The number of carbonyl (C=O) groups is 1. The van der Waals surface area contributed by atoms with Crippen LogP contribution in [0.15, 0.2) is 29.1 Å². The van der Waals surface area contributed by atoms with E-state index in [-0.39, 0.29) is 10.9 Å². The molecule has 2 rings (SSSR count). The van der Waals surface area contributed by atoms with E-state index in [2.05, 4.69) is 9.72 Å². The van der Waals surface area contributed by atoms with E-state index < -0.39 is 29.2 Å². The maximum absolute atomic E-state index is 12.5. The Bertz CT molecular complexity index is 705. The molecule has 0 atom stereocenters. The van der Waals surface area contributed by atoms with Crippen molar-refractivity contribution < 1.29 is 27.8 Å². The summed E-state index contributed by atoms with van der Waals surface area (Å²) in [6.45, 7) is 0. The summed E-state index contributed by atoms with van der Waals surface area (Å²) >= 11 is 0. The van der Waals surface area contributed by atoms with Crippen LogP contribution in [0.4, 0.5) is 18.0 Å². The van der Waals surface area contributed by atoms with Crippen LogP contribution in [-0.2, 0) is 6.18 Å². The number of rotatable bonds is 1. The summed E-state index contributed by atoms with van der Waals surface area (Å²) < 4.78 is 41.7. The van der Waals surface area contributed by atoms with Crippen molar-refractivity contribution in [2.24, 2.45) is 0 Å². The van der Waals surface area contributed by atoms with E-state index in [1.165, 1.54) is 0 Å². The van der Waals surface area contributed by atoms with Crippen LogP contribution < -0.4 is 10.2 Å². The first-order valence-corrected chi connectivity index (χ1v) is 4.92. The van der Waals surface area contributed by atoms with Gasteiger partial charge in [-0.25, -0.2) is 4.79 Å². The summed E-state index contributed by atoms with van der Waals surface area (Å²) in [5.74, 6) is -0.440. The van der Waals surface area contributed by atoms with E-state index in [9.17, 15) is 22.8 Å². The monoisotopic (exact) mass is 273 g/mol. The zero-order valence-corrected chi connectivity index (χ0v) is 9.12. The number of carboxylic acid groups (broad SMARTS) is 1. The van der Waals surface area contributed by atoms with E-state index in [0.717, 1.165) is 18.2 Å². The molecule has 0 radical (unpaired) electrons. The number of H-pyrrole nitrogens is 1. The molecule has 19 heavy (non-hydrogen) atoms. The second kappa shape index (κ2) is 4.30. The van der Waals surface area contributed by atoms with Gasteiger partial charge in [-0.15, -0.1) is 0 Å². The van der Waals surface area contributed by atoms with Crippen LogP contribution in [0.1, 0.15) is 5.56 Å². The highest BCUT2D eigenvalue weighted by atomic mass is 19.4. The zero-order chi connectivity index (χ0) is 14.2. The molecule has 0 unspecified atom stereocenters. The fourth-order valence-corrected chi connectivity index (χ4v) is 1.55. The van der Waals surface area contributed by atoms with Crippen molar-refractivity contribution >= 4 is 17.1 Å². The van der Waals surface area contributed by atoms with Gasteiger partial charge in [0.2, 0.25) is 5.88 Å². The van der Waals surface area contributed by atoms with Crippen LogP contribution in [-0.4, -0.2) is 16.2 Å². The van der Waals surface area contributed by atoms with Crippen molar-refractivity contribution in [2.75, 3.05) is 0 Å². The molecule has 0 spiro atoms. The lowest BCUT2D eigenvalue weighted by Gasteiger charge is -2.08. The minimum atomic E-state index is -4.56. The molecule has 2 N–H and O–H groups in total. The Labute approximate surface area is 103 Å². The average Bonchev–Trinajstić information content (AvgIpc) is 2.26. The van der Waals surface area contributed by atoms with E-state index >= 15 is 0 Å². The van der Waals surface area contributed by atoms with Gasteiger partial charge in [-0.05, 0) is 18.2 Å². The SMILES string of the molecule is O=C(O)Oc1cc(=O)c2ccc(C(F)(F)F)cc2[nH]1. The van der Waals surface area contributed by atoms with Gasteiger partial charge in [0.15, 0.2) is 5.43 Å². The van der Waals surface area contributed by atoms with Crippen LogP contribution >= 0.6 is 0 Å². The van der Waals surface area contributed by atoms with Crippen LogP contribution in [0.25, 0.3) is 10.9 Å². The Morgan fingerprint density at radius 1 is 1.26 bits per heavy atom. The topological polar surface area (TPSA) is 79.4 Å². The minimum absolute atomic E-state index is 0.00531. The summed E-state index contributed by atoms with van der Waals surface area (Å²) in [5, 5.41) is 8.39. The smallest absolute Gasteiger partial charge is 0.449 e. The molecular formula is C11H6F3NO4. The fourth-order valence-electron chi connectivity index (χ4n) is 1.55. The van der Waals surface area contributed by atoms with Gasteiger partial charge in [-0.3, -0.25) is 4.79 Å². The molecule has 5 nitrogen and oxygen atoms in total. The van der Waals surface area contributed by atoms with Crippen LogP contribution in [0.2, 0.25) is 0 Å². The van der Waals surface area contributed by atoms with Gasteiger partial charge in [0.25, 0.3) is 0 Å². The molecular weight excluding hydrogens is 267 g/mol. The Balaban J connectivity index is 2.63. The third kappa shape index (κ3) is 2.67. The van der Waals surface area contributed by atoms with Gasteiger partial charge in [0.1, 0.15) is 0 Å². The number of pyridine rings is 1. The first kappa shape index (κ1) is 12.9. The maximum Gasteiger partial charge on any atom is 0.512 e. The largest absolute Gasteiger partial charge is 0.512 e. The number of fused-ring (bicyclic) bond motifs is 1. The molecule has 8 heteroatoms. The highest BCUT2D eigenvalue weighted by Gasteiger charge is 2.30. The lowest BCUT2D eigenvalue weighted by molar-refractivity contribution is -0.137. The summed E-state index contributed by atoms with van der Waals surface area (Å²) in [6.07, 6.45) is -6.24. The molecule has 0 aliphatic carbocycles. The van der Waals surface area contributed by atoms with Crippen molar-refractivity contribution in [3.63, 3.8) is 0 Å². The average molecular weight is 273 g/mol. The Morgan fingerprint density at radius 3 is 2.53 bits per heavy atom. The number of aromatic amines is 1. The number of hydrogen-bond acceptors (Lipinski definition) is 3. The highest BCUT2D eigenvalue weighted by Crippen LogP contribution is 2.30. The van der Waals surface area contributed by atoms with Gasteiger partial charge >= 0.3 is 12.3 Å². The summed E-state index contributed by atoms with van der Waals surface area (Å²) in [7, 11) is 0. The number of benzene rings is 1. The first-order valence-electron chi connectivity index (χ1n) is 4.92. The predicted octanol–water partition coefficient (Wildman–Crippen LogP) is 2.60. The molecule has 0 fully saturated rings. The Hall–Kier alpha value is -2.51. The minimum Gasteiger partial charge on any atom is -0.449 e. The fraction of sp³-hybridized carbons (Fsp3) is 0.0909. The summed E-state index contributed by atoms with van der Waals surface area (Å²) in [4.78, 5) is 24.2. The third-order valence-corrected chi connectivity index (χ3v) is 2.33. The molecule has 0 bridgehead atoms. The maximum atomic E-state index is 12.5. The van der Waals surface area contributed by atoms with Crippen molar-refractivity contribution in [1.29, 1.82) is 0 Å². The van der Waals surface area contributed by atoms with Gasteiger partial charge < -0.3 is 14.8 Å². The molecule has 0 saturated carbocycles. The molecule has 100 valence electrons. The lowest BCUT2D eigenvalue weighted by Crippen LogP contribution is -2.10. The Morgan fingerprint density at radius 2 is 1.95 bits per heavy atom. The number of nitrogens with one attached hydrogen (secondary N) is 1. The molecule has 2 aromatic rings. The predicted molar refractivity (Wildman–Crippen MR) is 58.2 cm³/mol. The van der Waals surface area contributed by atoms with E-state index in [0.29, 0.717) is 6.07 Å². The number of halogens is 3. The molecule has 1 heterocycles. The normalized spacial score (nSPS) is 11.5. The van der Waals surface area contributed by atoms with Crippen molar-refractivity contribution in [2.45, 2.75) is 6.18 Å². The first-order chi connectivity index (χ1) is 8.77. The van der Waals surface area contributed by atoms with E-state index in [1.807, 2.05) is 0 Å². The highest BCUT2D eigenvalue weighted by molar-refractivity contribution is 5.80. The lowest BCUT2D eigenvalue weighted by atomic mass is 10.1. The van der Waals surface area contributed by atoms with Gasteiger partial charge in [0, 0.05) is 11.5 Å². The number of aromatic nitrogens is 1. The van der Waals surface area contributed by atoms with Gasteiger partial charge in [-0.1, -0.05) is 0 Å². The number of ether oxygens (including phenoxy) is 1. The molecule has 1 aromatic carbocycles. The van der Waals surface area contributed by atoms with Crippen LogP contribution in [0.5, 0.6) is 5.88 Å². The van der Waals surface area contributed by atoms with Crippen molar-refractivity contribution in [1.82, 2.24) is 4.98 Å². The number of alkyl halides is 3. The van der Waals surface area contributed by atoms with Gasteiger partial charge in [-0.2, -0.15) is 13.2 Å². The molecule has 0 saturated heterocycles. The summed E-state index contributed by atoms with van der Waals surface area (Å²) in [5.41, 5.74) is -1.75. The molecule has 0 aliphatic heterocycles. The standard InChI is InChI=1S/C11H6F3NO4/c12-11(13,14)5-1-2-6-7(3-5)15-9(4-8(6)16)19-10(17)18/h1-4H,(H,15,16)(H,17,18). The molecule has 0 amide bonds. The van der Waals surface area contributed by atoms with Crippen LogP contribution in [0, 0.1) is 0 Å². The second-order valence-corrected chi connectivity index (χ2v) is 3.62. The van der Waals surface area contributed by atoms with Gasteiger partial charge in [0.05, 0.1) is 11.1 Å².